The number of aromatic nitrogens is 2. The van der Waals surface area contributed by atoms with Crippen LogP contribution in [0.1, 0.15) is 20.7 Å². The van der Waals surface area contributed by atoms with Crippen molar-refractivity contribution in [3.05, 3.63) is 82.0 Å². The largest absolute Gasteiger partial charge is 0.480 e. The van der Waals surface area contributed by atoms with E-state index in [1.165, 1.54) is 24.3 Å². The zero-order chi connectivity index (χ0) is 32.8. The van der Waals surface area contributed by atoms with Crippen molar-refractivity contribution in [3.8, 4) is 11.1 Å². The second-order valence-corrected chi connectivity index (χ2v) is 11.0. The molecule has 2 heterocycles. The van der Waals surface area contributed by atoms with Crippen molar-refractivity contribution in [3.63, 3.8) is 0 Å². The maximum absolute atomic E-state index is 13.3. The second kappa shape index (κ2) is 14.3. The van der Waals surface area contributed by atoms with Gasteiger partial charge < -0.3 is 31.7 Å². The van der Waals surface area contributed by atoms with Crippen LogP contribution < -0.4 is 26.6 Å². The number of nitrogens with one attached hydrogen (secondary N) is 6. The highest BCUT2D eigenvalue weighted by molar-refractivity contribution is 6.40. The van der Waals surface area contributed by atoms with Gasteiger partial charge in [0.2, 0.25) is 5.91 Å². The van der Waals surface area contributed by atoms with E-state index in [-0.39, 0.29) is 34.3 Å². The van der Waals surface area contributed by atoms with Gasteiger partial charge in [0.25, 0.3) is 11.8 Å². The van der Waals surface area contributed by atoms with Gasteiger partial charge in [0.15, 0.2) is 5.96 Å². The van der Waals surface area contributed by atoms with Gasteiger partial charge in [-0.15, -0.1) is 0 Å². The van der Waals surface area contributed by atoms with Gasteiger partial charge in [-0.25, -0.2) is 14.2 Å². The first-order chi connectivity index (χ1) is 22.1. The van der Waals surface area contributed by atoms with E-state index in [2.05, 4.69) is 41.8 Å². The van der Waals surface area contributed by atoms with Gasteiger partial charge in [-0.1, -0.05) is 41.4 Å². The number of carboxylic acids is 1. The Morgan fingerprint density at radius 2 is 1.78 bits per heavy atom. The molecule has 1 aliphatic heterocycles. The number of anilines is 1. The van der Waals surface area contributed by atoms with Crippen molar-refractivity contribution < 1.29 is 28.7 Å². The number of carbonyl (C=O) groups is 4. The molecule has 4 aromatic rings. The first kappa shape index (κ1) is 32.2. The molecule has 0 bridgehead atoms. The van der Waals surface area contributed by atoms with Crippen LogP contribution in [0.5, 0.6) is 0 Å². The van der Waals surface area contributed by atoms with Crippen molar-refractivity contribution in [1.82, 2.24) is 31.5 Å². The molecule has 0 spiro atoms. The van der Waals surface area contributed by atoms with Crippen molar-refractivity contribution in [2.75, 3.05) is 31.5 Å². The third-order valence-electron chi connectivity index (χ3n) is 6.89. The Hall–Kier alpha value is -5.21. The van der Waals surface area contributed by atoms with Crippen LogP contribution in [0.4, 0.5) is 10.1 Å². The topological polar surface area (TPSA) is 190 Å². The van der Waals surface area contributed by atoms with Gasteiger partial charge in [-0.2, -0.15) is 5.10 Å². The number of halogens is 3. The van der Waals surface area contributed by atoms with Crippen molar-refractivity contribution in [2.45, 2.75) is 12.2 Å². The highest BCUT2D eigenvalue weighted by atomic mass is 35.5. The summed E-state index contributed by atoms with van der Waals surface area (Å²) in [5.41, 5.74) is 2.80. The molecule has 13 nitrogen and oxygen atoms in total. The fourth-order valence-electron chi connectivity index (χ4n) is 4.52. The average Bonchev–Trinajstić information content (AvgIpc) is 3.51. The zero-order valence-corrected chi connectivity index (χ0v) is 25.4. The van der Waals surface area contributed by atoms with Crippen LogP contribution in [0.3, 0.4) is 0 Å². The van der Waals surface area contributed by atoms with E-state index in [4.69, 9.17) is 23.2 Å². The van der Waals surface area contributed by atoms with Crippen LogP contribution in [0.15, 0.2) is 65.8 Å². The summed E-state index contributed by atoms with van der Waals surface area (Å²) >= 11 is 12.8. The minimum atomic E-state index is -1.53. The van der Waals surface area contributed by atoms with Crippen LogP contribution in [0, 0.1) is 0 Å². The number of fused-ring (bicyclic) bond motifs is 1. The number of amides is 3. The molecule has 238 valence electrons. The summed E-state index contributed by atoms with van der Waals surface area (Å²) in [6.07, 6.45) is 0.613. The molecular weight excluding hydrogens is 642 g/mol. The van der Waals surface area contributed by atoms with E-state index < -0.39 is 49.0 Å². The SMILES string of the molecule is O=C(CNC(=O)c1cccc(NC2=NCC(F)CN2)c1)NC[C@H](NC(=O)c1c(Cl)cc(-c2ccc3cn[nH]c3c2)cc1Cl)C(=O)O. The number of alkyl halides is 1. The van der Waals surface area contributed by atoms with Crippen LogP contribution in [0.2, 0.25) is 10.0 Å². The lowest BCUT2D eigenvalue weighted by Gasteiger charge is -2.19. The van der Waals surface area contributed by atoms with Gasteiger partial charge >= 0.3 is 5.97 Å². The molecule has 1 unspecified atom stereocenters. The summed E-state index contributed by atoms with van der Waals surface area (Å²) in [6, 6.07) is 13.4. The van der Waals surface area contributed by atoms with E-state index in [9.17, 15) is 28.7 Å². The van der Waals surface area contributed by atoms with Gasteiger partial charge in [0.05, 0.1) is 47.0 Å². The lowest BCUT2D eigenvalue weighted by molar-refractivity contribution is -0.139. The number of guanidine groups is 1. The number of nitrogens with zero attached hydrogens (tertiary/aromatic N) is 2. The monoisotopic (exact) mass is 668 g/mol. The number of aliphatic carboxylic acids is 1. The summed E-state index contributed by atoms with van der Waals surface area (Å²) in [7, 11) is 0. The number of rotatable bonds is 10. The molecular formula is C30H27Cl2FN8O5. The number of carbonyl (C=O) groups excluding carboxylic acids is 3. The van der Waals surface area contributed by atoms with Crippen LogP contribution in [-0.4, -0.2) is 83.3 Å². The maximum atomic E-state index is 13.3. The van der Waals surface area contributed by atoms with Gasteiger partial charge in [-0.05, 0) is 47.5 Å². The van der Waals surface area contributed by atoms with Gasteiger partial charge in [0.1, 0.15) is 12.2 Å². The molecule has 0 saturated heterocycles. The van der Waals surface area contributed by atoms with Crippen molar-refractivity contribution >= 4 is 69.4 Å². The molecule has 5 rings (SSSR count). The summed E-state index contributed by atoms with van der Waals surface area (Å²) < 4.78 is 13.3. The number of hydrogen-bond donors (Lipinski definition) is 7. The Balaban J connectivity index is 1.14. The molecule has 16 heteroatoms. The minimum absolute atomic E-state index is 0.00347. The maximum Gasteiger partial charge on any atom is 0.328 e. The summed E-state index contributed by atoms with van der Waals surface area (Å²) in [6.45, 7) is -0.808. The highest BCUT2D eigenvalue weighted by Crippen LogP contribution is 2.33. The predicted octanol–water partition coefficient (Wildman–Crippen LogP) is 2.98. The molecule has 46 heavy (non-hydrogen) atoms. The quantitative estimate of drug-likeness (QED) is 0.134. The van der Waals surface area contributed by atoms with E-state index in [0.717, 1.165) is 16.5 Å². The fourth-order valence-corrected chi connectivity index (χ4v) is 5.18. The number of benzene rings is 3. The molecule has 2 atom stereocenters. The molecule has 3 aromatic carbocycles. The van der Waals surface area contributed by atoms with Crippen LogP contribution in [0.25, 0.3) is 22.0 Å². The summed E-state index contributed by atoms with van der Waals surface area (Å²) in [4.78, 5) is 53.9. The Morgan fingerprint density at radius 3 is 2.50 bits per heavy atom. The number of aromatic amines is 1. The van der Waals surface area contributed by atoms with E-state index in [1.54, 1.807) is 18.3 Å². The molecule has 0 fully saturated rings. The Kier molecular flexibility index (Phi) is 9.98. The molecule has 1 aromatic heterocycles. The molecule has 7 N–H and O–H groups in total. The first-order valence-corrected chi connectivity index (χ1v) is 14.6. The van der Waals surface area contributed by atoms with Gasteiger partial charge in [0, 0.05) is 23.2 Å². The standard InChI is InChI=1S/C30H27Cl2FN8O5/c31-21-7-18(15-4-5-17-10-38-41-23(17)9-15)8-22(32)26(21)28(44)40-24(29(45)46)13-34-25(42)14-35-27(43)16-2-1-3-20(6-16)39-30-36-11-19(33)12-37-30/h1-10,19,24H,11-14H2,(H,34,42)(H,35,43)(H,38,41)(H,40,44)(H,45,46)(H2,36,37,39)/t24-/m0/s1. The number of carboxylic acid groups (broad SMARTS) is 1. The fraction of sp³-hybridized carbons (Fsp3) is 0.200. The Bertz CT molecular complexity index is 1830. The third kappa shape index (κ3) is 7.89. The van der Waals surface area contributed by atoms with Crippen molar-refractivity contribution in [1.29, 1.82) is 0 Å². The Labute approximate surface area is 270 Å². The molecule has 0 radical (unpaired) electrons. The zero-order valence-electron chi connectivity index (χ0n) is 23.9. The normalized spacial score (nSPS) is 14.8. The second-order valence-electron chi connectivity index (χ2n) is 10.2. The number of H-pyrrole nitrogens is 1. The van der Waals surface area contributed by atoms with E-state index in [1.807, 2.05) is 18.2 Å². The van der Waals surface area contributed by atoms with Gasteiger partial charge in [-0.3, -0.25) is 19.5 Å². The predicted molar refractivity (Wildman–Crippen MR) is 171 cm³/mol. The molecule has 3 amide bonds. The van der Waals surface area contributed by atoms with Crippen molar-refractivity contribution in [2.24, 2.45) is 4.99 Å². The first-order valence-electron chi connectivity index (χ1n) is 13.9. The van der Waals surface area contributed by atoms with Crippen LogP contribution >= 0.6 is 23.2 Å². The summed E-state index contributed by atoms with van der Waals surface area (Å²) in [5.74, 6) is -3.16. The lowest BCUT2D eigenvalue weighted by atomic mass is 10.0. The Morgan fingerprint density at radius 1 is 1.00 bits per heavy atom. The number of hydrogen-bond acceptors (Lipinski definition) is 8. The lowest BCUT2D eigenvalue weighted by Crippen LogP contribution is -2.50. The third-order valence-corrected chi connectivity index (χ3v) is 7.48. The summed E-state index contributed by atoms with van der Waals surface area (Å²) in [5, 5.41) is 30.3. The molecule has 1 aliphatic rings. The van der Waals surface area contributed by atoms with Crippen LogP contribution in [-0.2, 0) is 9.59 Å². The average molecular weight is 670 g/mol. The van der Waals surface area contributed by atoms with E-state index in [0.29, 0.717) is 17.2 Å². The molecule has 0 aliphatic carbocycles. The number of aliphatic imine (C=N–C) groups is 1. The molecule has 0 saturated carbocycles. The smallest absolute Gasteiger partial charge is 0.328 e. The highest BCUT2D eigenvalue weighted by Gasteiger charge is 2.25. The minimum Gasteiger partial charge on any atom is -0.480 e. The van der Waals surface area contributed by atoms with E-state index >= 15 is 0 Å².